The molecule has 0 aromatic carbocycles. The fourth-order valence-electron chi connectivity index (χ4n) is 2.77. The molecule has 1 saturated heterocycles. The van der Waals surface area contributed by atoms with Crippen molar-refractivity contribution < 1.29 is 4.74 Å². The molecule has 0 bridgehead atoms. The Morgan fingerprint density at radius 2 is 1.72 bits per heavy atom. The van der Waals surface area contributed by atoms with Crippen LogP contribution in [0.1, 0.15) is 46.5 Å². The lowest BCUT2D eigenvalue weighted by atomic mass is 9.98. The van der Waals surface area contributed by atoms with Crippen LogP contribution in [0.4, 0.5) is 0 Å². The molecule has 1 aliphatic rings. The summed E-state index contributed by atoms with van der Waals surface area (Å²) in [4.78, 5) is 2.51. The van der Waals surface area contributed by atoms with Gasteiger partial charge in [0.05, 0.1) is 13.2 Å². The first-order valence-electron chi connectivity index (χ1n) is 7.79. The van der Waals surface area contributed by atoms with Gasteiger partial charge in [-0.25, -0.2) is 0 Å². The third kappa shape index (κ3) is 6.72. The Bertz CT molecular complexity index is 187. The number of rotatable bonds is 9. The van der Waals surface area contributed by atoms with Gasteiger partial charge in [0.15, 0.2) is 0 Å². The van der Waals surface area contributed by atoms with E-state index in [0.29, 0.717) is 6.04 Å². The highest BCUT2D eigenvalue weighted by Gasteiger charge is 2.14. The molecule has 0 amide bonds. The summed E-state index contributed by atoms with van der Waals surface area (Å²) in [7, 11) is 0. The van der Waals surface area contributed by atoms with Crippen LogP contribution in [0.15, 0.2) is 0 Å². The van der Waals surface area contributed by atoms with E-state index in [1.54, 1.807) is 0 Å². The maximum Gasteiger partial charge on any atom is 0.0594 e. The lowest BCUT2D eigenvalue weighted by Gasteiger charge is -2.30. The van der Waals surface area contributed by atoms with E-state index in [0.717, 1.165) is 38.8 Å². The molecule has 1 aliphatic heterocycles. The zero-order valence-corrected chi connectivity index (χ0v) is 12.6. The van der Waals surface area contributed by atoms with Crippen LogP contribution in [0.3, 0.4) is 0 Å². The fourth-order valence-corrected chi connectivity index (χ4v) is 2.77. The van der Waals surface area contributed by atoms with Crippen LogP contribution < -0.4 is 5.32 Å². The van der Waals surface area contributed by atoms with Gasteiger partial charge in [-0.3, -0.25) is 4.90 Å². The zero-order chi connectivity index (χ0) is 13.2. The molecular formula is C15H32N2O. The normalized spacial score (nSPS) is 19.3. The van der Waals surface area contributed by atoms with Crippen LogP contribution in [0.2, 0.25) is 0 Å². The molecule has 0 aromatic heterocycles. The Morgan fingerprint density at radius 1 is 1.11 bits per heavy atom. The predicted molar refractivity (Wildman–Crippen MR) is 78.0 cm³/mol. The maximum atomic E-state index is 5.38. The summed E-state index contributed by atoms with van der Waals surface area (Å²) in [5, 5.41) is 3.72. The molecule has 1 unspecified atom stereocenters. The van der Waals surface area contributed by atoms with Gasteiger partial charge in [0.1, 0.15) is 0 Å². The maximum absolute atomic E-state index is 5.38. The Hall–Kier alpha value is -0.120. The minimum Gasteiger partial charge on any atom is -0.379 e. The molecule has 0 aliphatic carbocycles. The minimum absolute atomic E-state index is 0.597. The van der Waals surface area contributed by atoms with Gasteiger partial charge in [0.25, 0.3) is 0 Å². The van der Waals surface area contributed by atoms with E-state index in [2.05, 4.69) is 31.0 Å². The van der Waals surface area contributed by atoms with E-state index in [-0.39, 0.29) is 0 Å². The summed E-state index contributed by atoms with van der Waals surface area (Å²) < 4.78 is 5.38. The van der Waals surface area contributed by atoms with Gasteiger partial charge < -0.3 is 10.1 Å². The topological polar surface area (TPSA) is 24.5 Å². The average Bonchev–Trinajstić information content (AvgIpc) is 2.38. The third-order valence-electron chi connectivity index (χ3n) is 3.78. The molecule has 1 rings (SSSR count). The largest absolute Gasteiger partial charge is 0.379 e. The summed E-state index contributed by atoms with van der Waals surface area (Å²) in [6.07, 6.45) is 5.35. The third-order valence-corrected chi connectivity index (χ3v) is 3.78. The van der Waals surface area contributed by atoms with Crippen molar-refractivity contribution in [2.45, 2.75) is 52.5 Å². The van der Waals surface area contributed by atoms with Crippen LogP contribution in [-0.2, 0) is 4.74 Å². The molecule has 1 atom stereocenters. The highest BCUT2D eigenvalue weighted by atomic mass is 16.5. The van der Waals surface area contributed by atoms with E-state index in [1.165, 1.54) is 32.2 Å². The lowest BCUT2D eigenvalue weighted by Crippen LogP contribution is -2.45. The van der Waals surface area contributed by atoms with E-state index in [4.69, 9.17) is 4.74 Å². The summed E-state index contributed by atoms with van der Waals surface area (Å²) in [5.41, 5.74) is 0. The first kappa shape index (κ1) is 15.9. The van der Waals surface area contributed by atoms with Crippen LogP contribution in [-0.4, -0.2) is 50.3 Å². The van der Waals surface area contributed by atoms with Crippen LogP contribution in [0.5, 0.6) is 0 Å². The molecule has 18 heavy (non-hydrogen) atoms. The van der Waals surface area contributed by atoms with Gasteiger partial charge >= 0.3 is 0 Å². The Kier molecular flexibility index (Phi) is 8.64. The van der Waals surface area contributed by atoms with Gasteiger partial charge in [0, 0.05) is 25.7 Å². The number of ether oxygens (including phenoxy) is 1. The van der Waals surface area contributed by atoms with E-state index >= 15 is 0 Å². The second-order valence-electron chi connectivity index (χ2n) is 5.67. The summed E-state index contributed by atoms with van der Waals surface area (Å²) >= 11 is 0. The SMILES string of the molecule is CCCC(CCC)CNC(C)CN1CCOCC1. The van der Waals surface area contributed by atoms with Crippen molar-refractivity contribution >= 4 is 0 Å². The standard InChI is InChI=1S/C15H32N2O/c1-4-6-15(7-5-2)12-16-14(3)13-17-8-10-18-11-9-17/h14-16H,4-13H2,1-3H3. The van der Waals surface area contributed by atoms with Gasteiger partial charge in [-0.1, -0.05) is 26.7 Å². The molecule has 1 heterocycles. The number of nitrogens with zero attached hydrogens (tertiary/aromatic N) is 1. The van der Waals surface area contributed by atoms with Crippen molar-refractivity contribution in [3.05, 3.63) is 0 Å². The molecule has 0 spiro atoms. The predicted octanol–water partition coefficient (Wildman–Crippen LogP) is 2.51. The Balaban J connectivity index is 2.15. The van der Waals surface area contributed by atoms with Crippen LogP contribution in [0, 0.1) is 5.92 Å². The molecule has 3 heteroatoms. The Labute approximate surface area is 113 Å². The van der Waals surface area contributed by atoms with Crippen molar-refractivity contribution in [2.75, 3.05) is 39.4 Å². The molecule has 0 saturated carbocycles. The van der Waals surface area contributed by atoms with Crippen molar-refractivity contribution in [2.24, 2.45) is 5.92 Å². The smallest absolute Gasteiger partial charge is 0.0594 e. The van der Waals surface area contributed by atoms with Gasteiger partial charge in [-0.15, -0.1) is 0 Å². The van der Waals surface area contributed by atoms with E-state index in [9.17, 15) is 0 Å². The summed E-state index contributed by atoms with van der Waals surface area (Å²) in [5.74, 6) is 0.868. The van der Waals surface area contributed by atoms with Crippen molar-refractivity contribution in [3.63, 3.8) is 0 Å². The first-order valence-corrected chi connectivity index (χ1v) is 7.79. The van der Waals surface area contributed by atoms with E-state index < -0.39 is 0 Å². The zero-order valence-electron chi connectivity index (χ0n) is 12.6. The number of hydrogen-bond acceptors (Lipinski definition) is 3. The van der Waals surface area contributed by atoms with E-state index in [1.807, 2.05) is 0 Å². The Morgan fingerprint density at radius 3 is 2.28 bits per heavy atom. The first-order chi connectivity index (χ1) is 8.76. The van der Waals surface area contributed by atoms with Crippen molar-refractivity contribution in [1.82, 2.24) is 10.2 Å². The molecule has 108 valence electrons. The second-order valence-corrected chi connectivity index (χ2v) is 5.67. The van der Waals surface area contributed by atoms with Gasteiger partial charge in [-0.05, 0) is 32.2 Å². The highest BCUT2D eigenvalue weighted by Crippen LogP contribution is 2.12. The molecule has 1 N–H and O–H groups in total. The van der Waals surface area contributed by atoms with Crippen molar-refractivity contribution in [3.8, 4) is 0 Å². The summed E-state index contributed by atoms with van der Waals surface area (Å²) in [6.45, 7) is 13.2. The van der Waals surface area contributed by atoms with Crippen LogP contribution in [0.25, 0.3) is 0 Å². The minimum atomic E-state index is 0.597. The monoisotopic (exact) mass is 256 g/mol. The molecule has 0 radical (unpaired) electrons. The van der Waals surface area contributed by atoms with Crippen LogP contribution >= 0.6 is 0 Å². The number of nitrogens with one attached hydrogen (secondary N) is 1. The van der Waals surface area contributed by atoms with Gasteiger partial charge in [0.2, 0.25) is 0 Å². The van der Waals surface area contributed by atoms with Gasteiger partial charge in [-0.2, -0.15) is 0 Å². The lowest BCUT2D eigenvalue weighted by molar-refractivity contribution is 0.0342. The molecule has 3 nitrogen and oxygen atoms in total. The van der Waals surface area contributed by atoms with Crippen molar-refractivity contribution in [1.29, 1.82) is 0 Å². The highest BCUT2D eigenvalue weighted by molar-refractivity contribution is 4.72. The number of hydrogen-bond donors (Lipinski definition) is 1. The molecule has 1 fully saturated rings. The number of morpholine rings is 1. The summed E-state index contributed by atoms with van der Waals surface area (Å²) in [6, 6.07) is 0.597. The second kappa shape index (κ2) is 9.76. The molecule has 0 aromatic rings. The quantitative estimate of drug-likeness (QED) is 0.686. The molecular weight excluding hydrogens is 224 g/mol. The average molecular weight is 256 g/mol. The fraction of sp³-hybridized carbons (Fsp3) is 1.00.